The van der Waals surface area contributed by atoms with Crippen LogP contribution in [0.4, 0.5) is 37.7 Å². The molecule has 8 rings (SSSR count). The van der Waals surface area contributed by atoms with E-state index in [9.17, 15) is 35.9 Å². The van der Waals surface area contributed by atoms with Crippen molar-refractivity contribution in [3.05, 3.63) is 148 Å². The predicted molar refractivity (Wildman–Crippen MR) is 240 cm³/mol. The van der Waals surface area contributed by atoms with Gasteiger partial charge in [0, 0.05) is 82.0 Å². The van der Waals surface area contributed by atoms with E-state index in [1.165, 1.54) is 19.2 Å². The number of fused-ring (bicyclic) bond motifs is 2. The second-order valence-electron chi connectivity index (χ2n) is 14.8. The lowest BCUT2D eigenvalue weighted by Crippen LogP contribution is -2.15. The normalized spacial score (nSPS) is 11.5. The Morgan fingerprint density at radius 2 is 1.03 bits per heavy atom. The van der Waals surface area contributed by atoms with Gasteiger partial charge in [-0.15, -0.1) is 0 Å². The maximum atomic E-state index is 12.9. The van der Waals surface area contributed by atoms with Gasteiger partial charge in [-0.05, 0) is 96.8 Å². The molecule has 0 aliphatic carbocycles. The van der Waals surface area contributed by atoms with E-state index in [-0.39, 0.29) is 16.3 Å². The molecule has 2 aromatic carbocycles. The first-order chi connectivity index (χ1) is 31.8. The zero-order chi connectivity index (χ0) is 48.2. The van der Waals surface area contributed by atoms with E-state index in [0.29, 0.717) is 87.2 Å². The smallest absolute Gasteiger partial charge is 0.433 e. The molecule has 20 heteroatoms. The van der Waals surface area contributed by atoms with Gasteiger partial charge in [0.05, 0.1) is 7.11 Å². The monoisotopic (exact) mass is 938 g/mol. The molecular weight excluding hydrogens is 902 g/mol. The third-order valence-electron chi connectivity index (χ3n) is 10.2. The van der Waals surface area contributed by atoms with Gasteiger partial charge in [0.2, 0.25) is 5.88 Å². The Morgan fingerprint density at radius 3 is 1.48 bits per heavy atom. The van der Waals surface area contributed by atoms with E-state index in [4.69, 9.17) is 16.3 Å². The summed E-state index contributed by atoms with van der Waals surface area (Å²) < 4.78 is 83.1. The number of pyridine rings is 4. The van der Waals surface area contributed by atoms with Crippen molar-refractivity contribution in [3.63, 3.8) is 0 Å². The summed E-state index contributed by atoms with van der Waals surface area (Å²) in [5.41, 5.74) is 3.66. The number of nitrogens with zero attached hydrogens (tertiary/aromatic N) is 8. The fourth-order valence-electron chi connectivity index (χ4n) is 6.68. The number of ether oxygens (including phenoxy) is 1. The van der Waals surface area contributed by atoms with E-state index < -0.39 is 35.6 Å². The van der Waals surface area contributed by atoms with Crippen molar-refractivity contribution < 1.29 is 40.7 Å². The first-order valence-corrected chi connectivity index (χ1v) is 20.7. The lowest BCUT2D eigenvalue weighted by molar-refractivity contribution is -0.142. The fraction of sp³-hybridized carbons (Fsp3) is 0.191. The lowest BCUT2D eigenvalue weighted by atomic mass is 9.99. The third kappa shape index (κ3) is 10.9. The molecule has 0 aliphatic heterocycles. The molecule has 2 amide bonds. The van der Waals surface area contributed by atoms with Crippen molar-refractivity contribution in [3.8, 4) is 28.1 Å². The van der Waals surface area contributed by atoms with Crippen LogP contribution in [0.1, 0.15) is 68.7 Å². The number of halogens is 7. The van der Waals surface area contributed by atoms with Crippen LogP contribution in [0.3, 0.4) is 0 Å². The first-order valence-electron chi connectivity index (χ1n) is 20.3. The van der Waals surface area contributed by atoms with Gasteiger partial charge >= 0.3 is 12.4 Å². The van der Waals surface area contributed by atoms with E-state index in [1.807, 2.05) is 39.8 Å². The SMILES string of the molecule is CCc1ncc2cc(-c3cc(NC(=O)c4ccnc(C(F)(F)F)c4)ccc3C)c(Cl)nc2n1.CCc1ncc2cc(-c3cc(NC(=O)c4ccnc(C(F)(F)F)c4)ccc3C)c(OC)nc2n1. The summed E-state index contributed by atoms with van der Waals surface area (Å²) in [7, 11) is 1.50. The zero-order valence-corrected chi connectivity index (χ0v) is 36.9. The highest BCUT2D eigenvalue weighted by molar-refractivity contribution is 6.32. The van der Waals surface area contributed by atoms with Crippen LogP contribution in [-0.4, -0.2) is 58.8 Å². The number of anilines is 2. The molecule has 0 fully saturated rings. The molecular formula is C47H37ClF6N10O3. The van der Waals surface area contributed by atoms with Gasteiger partial charge < -0.3 is 15.4 Å². The van der Waals surface area contributed by atoms with Gasteiger partial charge in [-0.1, -0.05) is 37.6 Å². The fourth-order valence-corrected chi connectivity index (χ4v) is 6.91. The van der Waals surface area contributed by atoms with Crippen LogP contribution in [0.2, 0.25) is 5.15 Å². The summed E-state index contributed by atoms with van der Waals surface area (Å²) in [5, 5.41) is 6.93. The second-order valence-corrected chi connectivity index (χ2v) is 15.2. The molecule has 0 unspecified atom stereocenters. The molecule has 0 spiro atoms. The summed E-state index contributed by atoms with van der Waals surface area (Å²) >= 11 is 6.45. The van der Waals surface area contributed by atoms with Crippen molar-refractivity contribution in [2.75, 3.05) is 17.7 Å². The van der Waals surface area contributed by atoms with Gasteiger partial charge in [-0.2, -0.15) is 31.3 Å². The summed E-state index contributed by atoms with van der Waals surface area (Å²) in [4.78, 5) is 58.1. The van der Waals surface area contributed by atoms with Crippen molar-refractivity contribution in [2.45, 2.75) is 52.9 Å². The Kier molecular flexibility index (Phi) is 13.7. The molecule has 0 aliphatic rings. The van der Waals surface area contributed by atoms with Gasteiger partial charge in [0.15, 0.2) is 11.3 Å². The largest absolute Gasteiger partial charge is 0.480 e. The molecule has 6 aromatic heterocycles. The molecule has 0 atom stereocenters. The number of nitrogens with one attached hydrogen (secondary N) is 2. The average Bonchev–Trinajstić information content (AvgIpc) is 3.31. The highest BCUT2D eigenvalue weighted by atomic mass is 35.5. The molecule has 0 saturated heterocycles. The number of carbonyl (C=O) groups is 2. The number of hydrogen-bond donors (Lipinski definition) is 2. The van der Waals surface area contributed by atoms with Crippen LogP contribution in [0.25, 0.3) is 44.3 Å². The van der Waals surface area contributed by atoms with Crippen LogP contribution in [-0.2, 0) is 25.2 Å². The van der Waals surface area contributed by atoms with Crippen molar-refractivity contribution >= 4 is 56.9 Å². The second kappa shape index (κ2) is 19.4. The van der Waals surface area contributed by atoms with Gasteiger partial charge in [0.1, 0.15) is 28.2 Å². The molecule has 0 radical (unpaired) electrons. The summed E-state index contributed by atoms with van der Waals surface area (Å²) in [6, 6.07) is 17.8. The minimum atomic E-state index is -4.64. The minimum Gasteiger partial charge on any atom is -0.480 e. The quantitative estimate of drug-likeness (QED) is 0.104. The number of rotatable bonds is 9. The summed E-state index contributed by atoms with van der Waals surface area (Å²) in [5.74, 6) is 0.293. The molecule has 0 saturated carbocycles. The van der Waals surface area contributed by atoms with Gasteiger partial charge in [0.25, 0.3) is 11.8 Å². The minimum absolute atomic E-state index is 0.154. The number of alkyl halides is 6. The number of aryl methyl sites for hydroxylation is 4. The van der Waals surface area contributed by atoms with Crippen LogP contribution in [0.15, 0.2) is 97.6 Å². The number of methoxy groups -OCH3 is 1. The lowest BCUT2D eigenvalue weighted by Gasteiger charge is -2.14. The summed E-state index contributed by atoms with van der Waals surface area (Å²) in [6.07, 6.45) is -2.68. The highest BCUT2D eigenvalue weighted by Crippen LogP contribution is 2.36. The van der Waals surface area contributed by atoms with Crippen LogP contribution in [0.5, 0.6) is 5.88 Å². The molecule has 8 aromatic rings. The van der Waals surface area contributed by atoms with E-state index in [1.54, 1.807) is 48.8 Å². The number of benzene rings is 2. The Bertz CT molecular complexity index is 3190. The average molecular weight is 939 g/mol. The zero-order valence-electron chi connectivity index (χ0n) is 36.1. The van der Waals surface area contributed by atoms with Gasteiger partial charge in [-0.25, -0.2) is 24.9 Å². The highest BCUT2D eigenvalue weighted by Gasteiger charge is 2.34. The molecule has 67 heavy (non-hydrogen) atoms. The Labute approximate surface area is 383 Å². The number of aromatic nitrogens is 8. The maximum absolute atomic E-state index is 12.9. The van der Waals surface area contributed by atoms with Crippen molar-refractivity contribution in [1.82, 2.24) is 39.9 Å². The molecule has 6 heterocycles. The van der Waals surface area contributed by atoms with Crippen molar-refractivity contribution in [2.24, 2.45) is 0 Å². The number of carbonyl (C=O) groups excluding carboxylic acids is 2. The maximum Gasteiger partial charge on any atom is 0.433 e. The van der Waals surface area contributed by atoms with E-state index in [2.05, 4.69) is 50.5 Å². The number of hydrogen-bond acceptors (Lipinski definition) is 11. The van der Waals surface area contributed by atoms with Crippen LogP contribution < -0.4 is 15.4 Å². The Balaban J connectivity index is 0.000000199. The molecule has 13 nitrogen and oxygen atoms in total. The van der Waals surface area contributed by atoms with E-state index in [0.717, 1.165) is 34.5 Å². The van der Waals surface area contributed by atoms with Crippen molar-refractivity contribution in [1.29, 1.82) is 0 Å². The van der Waals surface area contributed by atoms with Gasteiger partial charge in [-0.3, -0.25) is 19.6 Å². The predicted octanol–water partition coefficient (Wildman–Crippen LogP) is 11.1. The molecule has 0 bridgehead atoms. The van der Waals surface area contributed by atoms with Crippen LogP contribution in [0, 0.1) is 13.8 Å². The van der Waals surface area contributed by atoms with E-state index >= 15 is 0 Å². The Hall–Kier alpha value is -7.67. The third-order valence-corrected chi connectivity index (χ3v) is 10.5. The molecule has 342 valence electrons. The van der Waals surface area contributed by atoms with Crippen LogP contribution >= 0.6 is 11.6 Å². The topological polar surface area (TPSA) is 171 Å². The first kappa shape index (κ1) is 47.3. The standard InChI is InChI=1S/C24H20F3N5O2.C23H17ClF3N5O/c1-4-20-29-12-15-9-18(23(34-3)32-21(15)31-20)17-11-16(6-5-13(17)2)30-22(33)14-7-8-28-19(10-14)24(25,26)27;1-3-19-29-11-14-8-17(20(24)32-21(14)31-19)16-10-15(5-4-12(16)2)30-22(33)13-6-7-28-18(9-13)23(25,26)27/h5-12H,4H2,1-3H3,(H,30,33);4-11H,3H2,1-2H3,(H,30,33). The Morgan fingerprint density at radius 1 is 0.582 bits per heavy atom. The summed E-state index contributed by atoms with van der Waals surface area (Å²) in [6.45, 7) is 7.65. The molecule has 2 N–H and O–H groups in total. The number of amides is 2.